The second-order valence-electron chi connectivity index (χ2n) is 5.65. The average molecular weight is 281 g/mol. The maximum atomic E-state index is 6.84. The lowest BCUT2D eigenvalue weighted by Gasteiger charge is -2.33. The lowest BCUT2D eigenvalue weighted by Crippen LogP contribution is -2.28. The largest absolute Gasteiger partial charge is 0.381 e. The molecule has 3 unspecified atom stereocenters. The van der Waals surface area contributed by atoms with E-state index in [-0.39, 0.29) is 5.38 Å². The van der Waals surface area contributed by atoms with Gasteiger partial charge in [0.15, 0.2) is 0 Å². The highest BCUT2D eigenvalue weighted by Gasteiger charge is 2.30. The van der Waals surface area contributed by atoms with Gasteiger partial charge in [-0.05, 0) is 47.8 Å². The zero-order valence-corrected chi connectivity index (χ0v) is 13.0. The third-order valence-electron chi connectivity index (χ3n) is 4.38. The number of halogens is 1. The number of alkyl halides is 1. The van der Waals surface area contributed by atoms with Crippen LogP contribution in [0.25, 0.3) is 0 Å². The molecule has 0 spiro atoms. The van der Waals surface area contributed by atoms with Crippen LogP contribution in [0, 0.1) is 11.8 Å². The van der Waals surface area contributed by atoms with Gasteiger partial charge in [-0.15, -0.1) is 11.6 Å². The zero-order chi connectivity index (χ0) is 13.8. The fourth-order valence-electron chi connectivity index (χ4n) is 3.01. The van der Waals surface area contributed by atoms with Crippen LogP contribution in [0.1, 0.15) is 49.3 Å². The molecule has 3 atom stereocenters. The Morgan fingerprint density at radius 3 is 2.74 bits per heavy atom. The SMILES string of the molecule is CCc1ccc(CC)c(C(Cl)C2CCOCC2C)c1. The quantitative estimate of drug-likeness (QED) is 0.722. The van der Waals surface area contributed by atoms with Crippen molar-refractivity contribution in [2.24, 2.45) is 11.8 Å². The number of aryl methyl sites for hydroxylation is 2. The molecular formula is C17H25ClO. The lowest BCUT2D eigenvalue weighted by atomic mass is 9.82. The van der Waals surface area contributed by atoms with Crippen molar-refractivity contribution in [2.45, 2.75) is 45.4 Å². The van der Waals surface area contributed by atoms with Crippen LogP contribution in [0.3, 0.4) is 0 Å². The summed E-state index contributed by atoms with van der Waals surface area (Å²) in [6, 6.07) is 6.81. The number of hydrogen-bond donors (Lipinski definition) is 0. The van der Waals surface area contributed by atoms with Gasteiger partial charge >= 0.3 is 0 Å². The molecule has 1 nitrogen and oxygen atoms in total. The van der Waals surface area contributed by atoms with E-state index < -0.39 is 0 Å². The highest BCUT2D eigenvalue weighted by Crippen LogP contribution is 2.40. The van der Waals surface area contributed by atoms with E-state index in [1.54, 1.807) is 0 Å². The van der Waals surface area contributed by atoms with E-state index in [1.807, 2.05) is 0 Å². The van der Waals surface area contributed by atoms with Crippen molar-refractivity contribution in [1.29, 1.82) is 0 Å². The highest BCUT2D eigenvalue weighted by molar-refractivity contribution is 6.21. The van der Waals surface area contributed by atoms with Crippen molar-refractivity contribution in [3.8, 4) is 0 Å². The first-order chi connectivity index (χ1) is 9.17. The van der Waals surface area contributed by atoms with Crippen molar-refractivity contribution in [1.82, 2.24) is 0 Å². The van der Waals surface area contributed by atoms with Gasteiger partial charge in [0.05, 0.1) is 5.38 Å². The highest BCUT2D eigenvalue weighted by atomic mass is 35.5. The number of rotatable bonds is 4. The monoisotopic (exact) mass is 280 g/mol. The van der Waals surface area contributed by atoms with Crippen LogP contribution < -0.4 is 0 Å². The molecule has 0 N–H and O–H groups in total. The van der Waals surface area contributed by atoms with Gasteiger partial charge in [-0.2, -0.15) is 0 Å². The minimum atomic E-state index is 0.125. The van der Waals surface area contributed by atoms with Crippen LogP contribution in [-0.4, -0.2) is 13.2 Å². The third-order valence-corrected chi connectivity index (χ3v) is 4.94. The average Bonchev–Trinajstić information content (AvgIpc) is 2.46. The molecule has 1 heterocycles. The van der Waals surface area contributed by atoms with Crippen LogP contribution in [0.15, 0.2) is 18.2 Å². The van der Waals surface area contributed by atoms with E-state index in [2.05, 4.69) is 39.0 Å². The minimum Gasteiger partial charge on any atom is -0.381 e. The van der Waals surface area contributed by atoms with Crippen LogP contribution in [-0.2, 0) is 17.6 Å². The Kier molecular flexibility index (Phi) is 5.29. The molecule has 19 heavy (non-hydrogen) atoms. The smallest absolute Gasteiger partial charge is 0.0620 e. The summed E-state index contributed by atoms with van der Waals surface area (Å²) >= 11 is 6.84. The molecule has 1 aliphatic heterocycles. The van der Waals surface area contributed by atoms with E-state index in [0.717, 1.165) is 32.5 Å². The number of ether oxygens (including phenoxy) is 1. The summed E-state index contributed by atoms with van der Waals surface area (Å²) in [5.74, 6) is 1.08. The van der Waals surface area contributed by atoms with E-state index in [4.69, 9.17) is 16.3 Å². The third kappa shape index (κ3) is 3.32. The molecule has 0 radical (unpaired) electrons. The number of hydrogen-bond acceptors (Lipinski definition) is 1. The van der Waals surface area contributed by atoms with Gasteiger partial charge in [-0.25, -0.2) is 0 Å². The summed E-state index contributed by atoms with van der Waals surface area (Å²) < 4.78 is 5.54. The van der Waals surface area contributed by atoms with Crippen molar-refractivity contribution in [2.75, 3.05) is 13.2 Å². The molecule has 106 valence electrons. The second-order valence-corrected chi connectivity index (χ2v) is 6.12. The normalized spacial score (nSPS) is 25.3. The van der Waals surface area contributed by atoms with Gasteiger partial charge < -0.3 is 4.74 Å². The second kappa shape index (κ2) is 6.76. The van der Waals surface area contributed by atoms with Gasteiger partial charge in [0.1, 0.15) is 0 Å². The zero-order valence-electron chi connectivity index (χ0n) is 12.3. The van der Waals surface area contributed by atoms with Crippen molar-refractivity contribution < 1.29 is 4.74 Å². The first-order valence-electron chi connectivity index (χ1n) is 7.50. The number of benzene rings is 1. The van der Waals surface area contributed by atoms with Gasteiger partial charge in [-0.1, -0.05) is 39.0 Å². The Balaban J connectivity index is 2.27. The molecule has 0 amide bonds. The summed E-state index contributed by atoms with van der Waals surface area (Å²) in [4.78, 5) is 0. The molecule has 1 saturated heterocycles. The molecule has 1 aromatic carbocycles. The Labute approximate surface area is 122 Å². The van der Waals surface area contributed by atoms with E-state index in [9.17, 15) is 0 Å². The molecule has 0 aliphatic carbocycles. The first-order valence-corrected chi connectivity index (χ1v) is 7.94. The van der Waals surface area contributed by atoms with E-state index in [1.165, 1.54) is 16.7 Å². The Hall–Kier alpha value is -0.530. The fraction of sp³-hybridized carbons (Fsp3) is 0.647. The summed E-state index contributed by atoms with van der Waals surface area (Å²) in [6.07, 6.45) is 3.21. The molecule has 1 aliphatic rings. The van der Waals surface area contributed by atoms with Crippen LogP contribution in [0.2, 0.25) is 0 Å². The summed E-state index contributed by atoms with van der Waals surface area (Å²) in [5, 5.41) is 0.125. The lowest BCUT2D eigenvalue weighted by molar-refractivity contribution is 0.0227. The Bertz CT molecular complexity index is 416. The first kappa shape index (κ1) is 14.9. The molecule has 2 heteroatoms. The van der Waals surface area contributed by atoms with Crippen molar-refractivity contribution >= 4 is 11.6 Å². The molecule has 0 saturated carbocycles. The summed E-state index contributed by atoms with van der Waals surface area (Å²) in [6.45, 7) is 8.37. The predicted molar refractivity (Wildman–Crippen MR) is 81.9 cm³/mol. The molecule has 1 aromatic rings. The van der Waals surface area contributed by atoms with Crippen molar-refractivity contribution in [3.05, 3.63) is 34.9 Å². The van der Waals surface area contributed by atoms with Gasteiger partial charge in [0.2, 0.25) is 0 Å². The van der Waals surface area contributed by atoms with Gasteiger partial charge in [0, 0.05) is 13.2 Å². The Morgan fingerprint density at radius 1 is 1.32 bits per heavy atom. The van der Waals surface area contributed by atoms with Gasteiger partial charge in [0.25, 0.3) is 0 Å². The predicted octanol–water partition coefficient (Wildman–Crippen LogP) is 4.76. The molecule has 2 rings (SSSR count). The van der Waals surface area contributed by atoms with E-state index >= 15 is 0 Å². The summed E-state index contributed by atoms with van der Waals surface area (Å²) in [5.41, 5.74) is 4.13. The van der Waals surface area contributed by atoms with Crippen LogP contribution >= 0.6 is 11.6 Å². The maximum absolute atomic E-state index is 6.84. The summed E-state index contributed by atoms with van der Waals surface area (Å²) in [7, 11) is 0. The van der Waals surface area contributed by atoms with E-state index in [0.29, 0.717) is 11.8 Å². The van der Waals surface area contributed by atoms with Crippen LogP contribution in [0.5, 0.6) is 0 Å². The minimum absolute atomic E-state index is 0.125. The van der Waals surface area contributed by atoms with Crippen molar-refractivity contribution in [3.63, 3.8) is 0 Å². The fourth-order valence-corrected chi connectivity index (χ4v) is 3.58. The molecule has 1 fully saturated rings. The standard InChI is InChI=1S/C17H25ClO/c1-4-13-6-7-14(5-2)16(10-13)17(18)15-8-9-19-11-12(15)3/h6-7,10,12,15,17H,4-5,8-9,11H2,1-3H3. The molecule has 0 aromatic heterocycles. The Morgan fingerprint density at radius 2 is 2.11 bits per heavy atom. The van der Waals surface area contributed by atoms with Gasteiger partial charge in [-0.3, -0.25) is 0 Å². The topological polar surface area (TPSA) is 9.23 Å². The maximum Gasteiger partial charge on any atom is 0.0620 e. The molecule has 0 bridgehead atoms. The van der Waals surface area contributed by atoms with Crippen LogP contribution in [0.4, 0.5) is 0 Å². The molecular weight excluding hydrogens is 256 g/mol.